The molecule has 0 spiro atoms. The monoisotopic (exact) mass is 400 g/mol. The van der Waals surface area contributed by atoms with E-state index in [1.165, 1.54) is 9.75 Å². The van der Waals surface area contributed by atoms with Crippen molar-refractivity contribution in [3.8, 4) is 21.1 Å². The molecule has 1 unspecified atom stereocenters. The first-order valence-corrected chi connectivity index (χ1v) is 10.3. The summed E-state index contributed by atoms with van der Waals surface area (Å²) in [5.41, 5.74) is 1.15. The summed E-state index contributed by atoms with van der Waals surface area (Å²) in [6, 6.07) is 16.4. The maximum atomic E-state index is 6.09. The van der Waals surface area contributed by atoms with E-state index < -0.39 is 0 Å². The lowest BCUT2D eigenvalue weighted by atomic mass is 10.2. The molecule has 7 heteroatoms. The number of nitrogens with zero attached hydrogens (tertiary/aromatic N) is 2. The van der Waals surface area contributed by atoms with E-state index in [-0.39, 0.29) is 6.04 Å². The van der Waals surface area contributed by atoms with Gasteiger partial charge in [0.05, 0.1) is 10.9 Å². The van der Waals surface area contributed by atoms with E-state index in [2.05, 4.69) is 45.6 Å². The molecule has 0 aliphatic heterocycles. The number of halogens is 1. The minimum atomic E-state index is 0.0907. The molecule has 0 saturated carbocycles. The molecule has 0 amide bonds. The minimum Gasteiger partial charge on any atom is -0.303 e. The molecule has 0 saturated heterocycles. The summed E-state index contributed by atoms with van der Waals surface area (Å²) in [7, 11) is 0. The fourth-order valence-electron chi connectivity index (χ4n) is 2.60. The Labute approximate surface area is 164 Å². The summed E-state index contributed by atoms with van der Waals surface area (Å²) < 4.78 is 0. The van der Waals surface area contributed by atoms with Crippen molar-refractivity contribution < 1.29 is 0 Å². The van der Waals surface area contributed by atoms with Crippen molar-refractivity contribution in [2.75, 3.05) is 0 Å². The molecule has 3 heterocycles. The van der Waals surface area contributed by atoms with E-state index in [1.807, 2.05) is 35.7 Å². The number of hydrogen-bond acceptors (Lipinski definition) is 5. The number of aromatic nitrogens is 3. The second kappa shape index (κ2) is 7.72. The van der Waals surface area contributed by atoms with Crippen LogP contribution < -0.4 is 5.32 Å². The molecule has 0 bridgehead atoms. The first-order chi connectivity index (χ1) is 12.7. The maximum Gasteiger partial charge on any atom is 0.191 e. The third-order valence-corrected chi connectivity index (χ3v) is 6.24. The molecule has 26 heavy (non-hydrogen) atoms. The highest BCUT2D eigenvalue weighted by molar-refractivity contribution is 7.15. The van der Waals surface area contributed by atoms with Crippen LogP contribution in [0.15, 0.2) is 53.9 Å². The number of H-pyrrole nitrogens is 1. The molecule has 1 aromatic carbocycles. The molecule has 1 atom stereocenters. The Bertz CT molecular complexity index is 991. The highest BCUT2D eigenvalue weighted by Gasteiger charge is 2.13. The lowest BCUT2D eigenvalue weighted by molar-refractivity contribution is 0.551. The van der Waals surface area contributed by atoms with Crippen LogP contribution in [-0.2, 0) is 6.54 Å². The molecular formula is C19H17ClN4S2. The third-order valence-electron chi connectivity index (χ3n) is 4.01. The Balaban J connectivity index is 1.40. The molecule has 0 aliphatic carbocycles. The second-order valence-electron chi connectivity index (χ2n) is 5.90. The van der Waals surface area contributed by atoms with Crippen LogP contribution in [0, 0.1) is 0 Å². The summed E-state index contributed by atoms with van der Waals surface area (Å²) in [5, 5.41) is 13.6. The van der Waals surface area contributed by atoms with Gasteiger partial charge in [-0.3, -0.25) is 5.10 Å². The van der Waals surface area contributed by atoms with Gasteiger partial charge in [-0.05, 0) is 48.2 Å². The number of rotatable bonds is 6. The van der Waals surface area contributed by atoms with Crippen LogP contribution in [0.3, 0.4) is 0 Å². The van der Waals surface area contributed by atoms with Crippen molar-refractivity contribution in [2.45, 2.75) is 19.5 Å². The Hall–Kier alpha value is -1.99. The van der Waals surface area contributed by atoms with Crippen LogP contribution in [0.2, 0.25) is 5.02 Å². The van der Waals surface area contributed by atoms with Gasteiger partial charge in [-0.1, -0.05) is 29.8 Å². The lowest BCUT2D eigenvalue weighted by Gasteiger charge is -2.09. The Morgan fingerprint density at radius 2 is 2.08 bits per heavy atom. The molecular weight excluding hydrogens is 384 g/mol. The second-order valence-corrected chi connectivity index (χ2v) is 8.45. The molecule has 0 fully saturated rings. The van der Waals surface area contributed by atoms with Crippen molar-refractivity contribution in [2.24, 2.45) is 0 Å². The number of benzene rings is 1. The zero-order valence-electron chi connectivity index (χ0n) is 14.1. The van der Waals surface area contributed by atoms with Crippen molar-refractivity contribution in [1.29, 1.82) is 0 Å². The number of aromatic amines is 1. The van der Waals surface area contributed by atoms with Crippen LogP contribution in [0.5, 0.6) is 0 Å². The Morgan fingerprint density at radius 3 is 2.88 bits per heavy atom. The Kier molecular flexibility index (Phi) is 5.17. The standard InChI is InChI=1S/C19H17ClN4S2/c1-12(18-22-19(24-23-18)17-6-3-9-25-17)21-11-15-7-8-16(26-15)13-4-2-5-14(20)10-13/h2-10,12,21H,11H2,1H3,(H,22,23,24). The van der Waals surface area contributed by atoms with Crippen LogP contribution >= 0.6 is 34.3 Å². The largest absolute Gasteiger partial charge is 0.303 e. The number of nitrogens with one attached hydrogen (secondary N) is 2. The topological polar surface area (TPSA) is 53.6 Å². The zero-order valence-corrected chi connectivity index (χ0v) is 16.5. The van der Waals surface area contributed by atoms with Gasteiger partial charge in [0.25, 0.3) is 0 Å². The van der Waals surface area contributed by atoms with Crippen molar-refractivity contribution >= 4 is 34.3 Å². The summed E-state index contributed by atoms with van der Waals surface area (Å²) in [4.78, 5) is 8.16. The fraction of sp³-hybridized carbons (Fsp3) is 0.158. The maximum absolute atomic E-state index is 6.09. The summed E-state index contributed by atoms with van der Waals surface area (Å²) in [6.07, 6.45) is 0. The van der Waals surface area contributed by atoms with Crippen molar-refractivity contribution in [3.05, 3.63) is 69.6 Å². The van der Waals surface area contributed by atoms with E-state index in [9.17, 15) is 0 Å². The molecule has 2 N–H and O–H groups in total. The van der Waals surface area contributed by atoms with Gasteiger partial charge in [-0.25, -0.2) is 4.98 Å². The van der Waals surface area contributed by atoms with Crippen LogP contribution in [-0.4, -0.2) is 15.2 Å². The van der Waals surface area contributed by atoms with Gasteiger partial charge in [0.1, 0.15) is 5.82 Å². The molecule has 0 aliphatic rings. The van der Waals surface area contributed by atoms with Gasteiger partial charge in [-0.15, -0.1) is 22.7 Å². The SMILES string of the molecule is CC(NCc1ccc(-c2cccc(Cl)c2)s1)c1nc(-c2cccs2)n[nH]1. The molecule has 4 nitrogen and oxygen atoms in total. The Morgan fingerprint density at radius 1 is 1.15 bits per heavy atom. The number of thiophene rings is 2. The molecule has 4 rings (SSSR count). The average Bonchev–Trinajstić information content (AvgIpc) is 3.40. The average molecular weight is 401 g/mol. The van der Waals surface area contributed by atoms with E-state index in [0.717, 1.165) is 33.7 Å². The van der Waals surface area contributed by atoms with Gasteiger partial charge in [0.15, 0.2) is 5.82 Å². The van der Waals surface area contributed by atoms with Gasteiger partial charge in [0, 0.05) is 21.3 Å². The normalized spacial score (nSPS) is 12.4. The lowest BCUT2D eigenvalue weighted by Crippen LogP contribution is -2.18. The molecule has 132 valence electrons. The minimum absolute atomic E-state index is 0.0907. The van der Waals surface area contributed by atoms with E-state index >= 15 is 0 Å². The van der Waals surface area contributed by atoms with Gasteiger partial charge in [-0.2, -0.15) is 5.10 Å². The van der Waals surface area contributed by atoms with Crippen LogP contribution in [0.25, 0.3) is 21.1 Å². The van der Waals surface area contributed by atoms with Crippen LogP contribution in [0.4, 0.5) is 0 Å². The fourth-order valence-corrected chi connectivity index (χ4v) is 4.41. The van der Waals surface area contributed by atoms with Gasteiger partial charge in [0.2, 0.25) is 0 Å². The summed E-state index contributed by atoms with van der Waals surface area (Å²) in [5.74, 6) is 1.60. The zero-order chi connectivity index (χ0) is 17.9. The number of hydrogen-bond donors (Lipinski definition) is 2. The van der Waals surface area contributed by atoms with Crippen LogP contribution in [0.1, 0.15) is 23.7 Å². The van der Waals surface area contributed by atoms with Crippen molar-refractivity contribution in [1.82, 2.24) is 20.5 Å². The smallest absolute Gasteiger partial charge is 0.191 e. The highest BCUT2D eigenvalue weighted by Crippen LogP contribution is 2.30. The molecule has 3 aromatic heterocycles. The predicted molar refractivity (Wildman–Crippen MR) is 110 cm³/mol. The van der Waals surface area contributed by atoms with E-state index in [0.29, 0.717) is 0 Å². The van der Waals surface area contributed by atoms with Gasteiger partial charge >= 0.3 is 0 Å². The first-order valence-electron chi connectivity index (χ1n) is 8.23. The summed E-state index contributed by atoms with van der Waals surface area (Å²) >= 11 is 9.50. The third kappa shape index (κ3) is 3.88. The van der Waals surface area contributed by atoms with E-state index in [4.69, 9.17) is 11.6 Å². The van der Waals surface area contributed by atoms with Gasteiger partial charge < -0.3 is 5.32 Å². The highest BCUT2D eigenvalue weighted by atomic mass is 35.5. The quantitative estimate of drug-likeness (QED) is 0.432. The molecule has 4 aromatic rings. The predicted octanol–water partition coefficient (Wildman–Crippen LogP) is 5.77. The molecule has 0 radical (unpaired) electrons. The van der Waals surface area contributed by atoms with Crippen molar-refractivity contribution in [3.63, 3.8) is 0 Å². The van der Waals surface area contributed by atoms with E-state index in [1.54, 1.807) is 22.7 Å². The summed E-state index contributed by atoms with van der Waals surface area (Å²) in [6.45, 7) is 2.87. The first kappa shape index (κ1) is 17.4.